The minimum Gasteiger partial charge on any atom is -0.373 e. The molecule has 1 aromatic rings. The van der Waals surface area contributed by atoms with Gasteiger partial charge in [-0.3, -0.25) is 4.79 Å². The Balaban J connectivity index is 2.19. The molecule has 0 bridgehead atoms. The lowest BCUT2D eigenvalue weighted by Gasteiger charge is -2.40. The van der Waals surface area contributed by atoms with Crippen LogP contribution in [0.2, 0.25) is 0 Å². The van der Waals surface area contributed by atoms with Crippen LogP contribution in [-0.4, -0.2) is 30.5 Å². The van der Waals surface area contributed by atoms with Gasteiger partial charge in [0.1, 0.15) is 11.9 Å². The lowest BCUT2D eigenvalue weighted by molar-refractivity contribution is -0.120. The van der Waals surface area contributed by atoms with Gasteiger partial charge in [-0.25, -0.2) is 4.98 Å². The number of pyridine rings is 1. The van der Waals surface area contributed by atoms with Gasteiger partial charge in [0, 0.05) is 31.5 Å². The summed E-state index contributed by atoms with van der Waals surface area (Å²) in [7, 11) is 1.81. The Kier molecular flexibility index (Phi) is 2.45. The van der Waals surface area contributed by atoms with Crippen LogP contribution in [0.3, 0.4) is 0 Å². The molecule has 1 amide bonds. The van der Waals surface area contributed by atoms with Crippen LogP contribution in [0.15, 0.2) is 18.3 Å². The van der Waals surface area contributed by atoms with Crippen molar-refractivity contribution < 1.29 is 4.79 Å². The topological polar surface area (TPSA) is 71.2 Å². The second kappa shape index (κ2) is 3.76. The first-order valence-electron chi connectivity index (χ1n) is 4.92. The molecule has 0 radical (unpaired) electrons. The molecule has 0 saturated carbocycles. The molecule has 0 aliphatic carbocycles. The highest BCUT2D eigenvalue weighted by Crippen LogP contribution is 2.27. The molecule has 1 aliphatic rings. The summed E-state index contributed by atoms with van der Waals surface area (Å²) in [4.78, 5) is 17.2. The molecule has 3 N–H and O–H groups in total. The quantitative estimate of drug-likeness (QED) is 0.740. The van der Waals surface area contributed by atoms with E-state index in [9.17, 15) is 4.79 Å². The Morgan fingerprint density at radius 3 is 3.07 bits per heavy atom. The number of rotatable bonds is 3. The zero-order valence-corrected chi connectivity index (χ0v) is 8.60. The zero-order valence-electron chi connectivity index (χ0n) is 8.60. The molecular formula is C10H14N4O. The molecule has 1 fully saturated rings. The van der Waals surface area contributed by atoms with Crippen LogP contribution in [0, 0.1) is 0 Å². The number of carbonyl (C=O) groups is 1. The number of anilines is 2. The molecule has 1 saturated heterocycles. The van der Waals surface area contributed by atoms with Crippen molar-refractivity contribution >= 4 is 17.4 Å². The zero-order chi connectivity index (χ0) is 10.8. The number of primary amides is 1. The minimum atomic E-state index is -0.260. The molecule has 1 atom stereocenters. The summed E-state index contributed by atoms with van der Waals surface area (Å²) < 4.78 is 0. The van der Waals surface area contributed by atoms with E-state index in [0.717, 1.165) is 24.5 Å². The number of nitrogens with one attached hydrogen (secondary N) is 1. The highest BCUT2D eigenvalue weighted by molar-refractivity contribution is 5.85. The van der Waals surface area contributed by atoms with Gasteiger partial charge in [-0.05, 0) is 12.5 Å². The Morgan fingerprint density at radius 1 is 1.73 bits per heavy atom. The maximum atomic E-state index is 11.1. The highest BCUT2D eigenvalue weighted by Gasteiger charge is 2.32. The summed E-state index contributed by atoms with van der Waals surface area (Å²) >= 11 is 0. The predicted molar refractivity (Wildman–Crippen MR) is 58.7 cm³/mol. The van der Waals surface area contributed by atoms with Gasteiger partial charge >= 0.3 is 0 Å². The molecule has 15 heavy (non-hydrogen) atoms. The van der Waals surface area contributed by atoms with Gasteiger partial charge in [0.25, 0.3) is 0 Å². The van der Waals surface area contributed by atoms with E-state index in [-0.39, 0.29) is 11.9 Å². The molecule has 5 nitrogen and oxygen atoms in total. The van der Waals surface area contributed by atoms with Gasteiger partial charge < -0.3 is 16.0 Å². The van der Waals surface area contributed by atoms with E-state index < -0.39 is 0 Å². The summed E-state index contributed by atoms with van der Waals surface area (Å²) in [6, 6.07) is 3.64. The average molecular weight is 206 g/mol. The average Bonchev–Trinajstić information content (AvgIpc) is 2.15. The molecule has 1 unspecified atom stereocenters. The largest absolute Gasteiger partial charge is 0.373 e. The normalized spacial score (nSPS) is 19.5. The van der Waals surface area contributed by atoms with Crippen LogP contribution in [0.25, 0.3) is 0 Å². The fourth-order valence-corrected chi connectivity index (χ4v) is 1.73. The Hall–Kier alpha value is -1.78. The number of hydrogen-bond donors (Lipinski definition) is 2. The SMILES string of the molecule is CNc1cc(N2CCC2C(N)=O)ccn1. The van der Waals surface area contributed by atoms with Crippen LogP contribution in [-0.2, 0) is 4.79 Å². The summed E-state index contributed by atoms with van der Waals surface area (Å²) in [5, 5.41) is 2.96. The van der Waals surface area contributed by atoms with Crippen LogP contribution in [0.1, 0.15) is 6.42 Å². The van der Waals surface area contributed by atoms with E-state index >= 15 is 0 Å². The van der Waals surface area contributed by atoms with E-state index in [0.29, 0.717) is 0 Å². The number of carbonyl (C=O) groups excluding carboxylic acids is 1. The summed E-state index contributed by atoms with van der Waals surface area (Å²) in [5.41, 5.74) is 6.27. The van der Waals surface area contributed by atoms with E-state index in [1.165, 1.54) is 0 Å². The lowest BCUT2D eigenvalue weighted by Crippen LogP contribution is -2.55. The van der Waals surface area contributed by atoms with Crippen molar-refractivity contribution in [3.8, 4) is 0 Å². The van der Waals surface area contributed by atoms with E-state index in [1.807, 2.05) is 24.1 Å². The Morgan fingerprint density at radius 2 is 2.53 bits per heavy atom. The number of hydrogen-bond acceptors (Lipinski definition) is 4. The van der Waals surface area contributed by atoms with Crippen molar-refractivity contribution in [3.63, 3.8) is 0 Å². The molecule has 2 rings (SSSR count). The van der Waals surface area contributed by atoms with Crippen molar-refractivity contribution in [1.29, 1.82) is 0 Å². The standard InChI is InChI=1S/C10H14N4O/c1-12-9-6-7(2-4-13-9)14-5-3-8(14)10(11)15/h2,4,6,8H,3,5H2,1H3,(H2,11,15)(H,12,13). The smallest absolute Gasteiger partial charge is 0.240 e. The van der Waals surface area contributed by atoms with Gasteiger partial charge in [0.2, 0.25) is 5.91 Å². The predicted octanol–water partition coefficient (Wildman–Crippen LogP) is 0.187. The molecule has 0 spiro atoms. The van der Waals surface area contributed by atoms with Crippen molar-refractivity contribution in [2.75, 3.05) is 23.8 Å². The fourth-order valence-electron chi connectivity index (χ4n) is 1.73. The minimum absolute atomic E-state index is 0.155. The lowest BCUT2D eigenvalue weighted by atomic mass is 10.0. The molecule has 0 aromatic carbocycles. The summed E-state index contributed by atoms with van der Waals surface area (Å²) in [6.07, 6.45) is 2.56. The van der Waals surface area contributed by atoms with Gasteiger partial charge in [0.05, 0.1) is 0 Å². The third kappa shape index (κ3) is 1.72. The van der Waals surface area contributed by atoms with Crippen LogP contribution in [0.5, 0.6) is 0 Å². The van der Waals surface area contributed by atoms with Crippen LogP contribution in [0.4, 0.5) is 11.5 Å². The molecule has 2 heterocycles. The van der Waals surface area contributed by atoms with E-state index in [2.05, 4.69) is 10.3 Å². The second-order valence-corrected chi connectivity index (χ2v) is 3.55. The number of nitrogens with two attached hydrogens (primary N) is 1. The third-order valence-electron chi connectivity index (χ3n) is 2.68. The maximum absolute atomic E-state index is 11.1. The number of amides is 1. The highest BCUT2D eigenvalue weighted by atomic mass is 16.1. The van der Waals surface area contributed by atoms with Crippen molar-refractivity contribution in [3.05, 3.63) is 18.3 Å². The first-order chi connectivity index (χ1) is 7.22. The van der Waals surface area contributed by atoms with Gasteiger partial charge in [0.15, 0.2) is 0 Å². The molecular weight excluding hydrogens is 192 g/mol. The van der Waals surface area contributed by atoms with Gasteiger partial charge in [-0.15, -0.1) is 0 Å². The molecule has 1 aromatic heterocycles. The second-order valence-electron chi connectivity index (χ2n) is 3.55. The third-order valence-corrected chi connectivity index (χ3v) is 2.68. The first-order valence-corrected chi connectivity index (χ1v) is 4.92. The van der Waals surface area contributed by atoms with Gasteiger partial charge in [-0.2, -0.15) is 0 Å². The van der Waals surface area contributed by atoms with Crippen molar-refractivity contribution in [2.45, 2.75) is 12.5 Å². The van der Waals surface area contributed by atoms with E-state index in [4.69, 9.17) is 5.73 Å². The molecule has 5 heteroatoms. The van der Waals surface area contributed by atoms with Crippen LogP contribution < -0.4 is 16.0 Å². The Bertz CT molecular complexity index is 379. The molecule has 80 valence electrons. The fraction of sp³-hybridized carbons (Fsp3) is 0.400. The number of nitrogens with zero attached hydrogens (tertiary/aromatic N) is 2. The summed E-state index contributed by atoms with van der Waals surface area (Å²) in [6.45, 7) is 0.876. The number of aromatic nitrogens is 1. The van der Waals surface area contributed by atoms with Crippen LogP contribution >= 0.6 is 0 Å². The van der Waals surface area contributed by atoms with Crippen molar-refractivity contribution in [1.82, 2.24) is 4.98 Å². The first kappa shape index (κ1) is 9.76. The summed E-state index contributed by atoms with van der Waals surface area (Å²) in [5.74, 6) is 0.534. The van der Waals surface area contributed by atoms with Gasteiger partial charge in [-0.1, -0.05) is 0 Å². The maximum Gasteiger partial charge on any atom is 0.240 e. The monoisotopic (exact) mass is 206 g/mol. The van der Waals surface area contributed by atoms with Crippen molar-refractivity contribution in [2.24, 2.45) is 5.73 Å². The Labute approximate surface area is 88.3 Å². The van der Waals surface area contributed by atoms with E-state index in [1.54, 1.807) is 6.20 Å². The molecule has 1 aliphatic heterocycles.